The van der Waals surface area contributed by atoms with Gasteiger partial charge in [-0.15, -0.1) is 0 Å². The second-order valence-corrected chi connectivity index (χ2v) is 4.36. The Morgan fingerprint density at radius 1 is 0.950 bits per heavy atom. The Labute approximate surface area is 117 Å². The molecule has 0 radical (unpaired) electrons. The Morgan fingerprint density at radius 2 is 1.60 bits per heavy atom. The van der Waals surface area contributed by atoms with Crippen LogP contribution in [0.4, 0.5) is 0 Å². The van der Waals surface area contributed by atoms with Crippen LogP contribution in [0.25, 0.3) is 0 Å². The second kappa shape index (κ2) is 6.52. The van der Waals surface area contributed by atoms with E-state index >= 15 is 0 Å². The second-order valence-electron chi connectivity index (χ2n) is 4.36. The van der Waals surface area contributed by atoms with Gasteiger partial charge >= 0.3 is 5.97 Å². The summed E-state index contributed by atoms with van der Waals surface area (Å²) in [6.07, 6.45) is 0.0244. The first-order chi connectivity index (χ1) is 9.66. The van der Waals surface area contributed by atoms with Crippen LogP contribution in [0.5, 0.6) is 0 Å². The number of rotatable bonds is 5. The SMILES string of the molecule is NC(=O)Cc1ccccc1C(=O)OCc1ccccc1. The largest absolute Gasteiger partial charge is 0.457 e. The van der Waals surface area contributed by atoms with Crippen LogP contribution in [0, 0.1) is 0 Å². The lowest BCUT2D eigenvalue weighted by molar-refractivity contribution is -0.117. The van der Waals surface area contributed by atoms with Crippen LogP contribution >= 0.6 is 0 Å². The van der Waals surface area contributed by atoms with E-state index in [1.54, 1.807) is 24.3 Å². The van der Waals surface area contributed by atoms with Gasteiger partial charge in [-0.2, -0.15) is 0 Å². The van der Waals surface area contributed by atoms with Gasteiger partial charge in [0.1, 0.15) is 6.61 Å². The molecule has 0 spiro atoms. The lowest BCUT2D eigenvalue weighted by Gasteiger charge is -2.08. The molecule has 0 aromatic heterocycles. The van der Waals surface area contributed by atoms with Gasteiger partial charge in [-0.05, 0) is 17.2 Å². The van der Waals surface area contributed by atoms with E-state index in [1.807, 2.05) is 30.3 Å². The molecule has 2 aromatic rings. The Kier molecular flexibility index (Phi) is 4.50. The Hall–Kier alpha value is -2.62. The number of esters is 1. The van der Waals surface area contributed by atoms with E-state index in [9.17, 15) is 9.59 Å². The van der Waals surface area contributed by atoms with E-state index in [0.29, 0.717) is 11.1 Å². The van der Waals surface area contributed by atoms with Crippen molar-refractivity contribution in [3.63, 3.8) is 0 Å². The zero-order valence-corrected chi connectivity index (χ0v) is 10.9. The highest BCUT2D eigenvalue weighted by Crippen LogP contribution is 2.12. The first-order valence-corrected chi connectivity index (χ1v) is 6.24. The van der Waals surface area contributed by atoms with Crippen molar-refractivity contribution in [3.8, 4) is 0 Å². The van der Waals surface area contributed by atoms with Gasteiger partial charge in [-0.25, -0.2) is 4.79 Å². The molecule has 0 saturated carbocycles. The summed E-state index contributed by atoms with van der Waals surface area (Å²) in [5, 5.41) is 0. The molecule has 2 rings (SSSR count). The number of primary amides is 1. The normalized spacial score (nSPS) is 10.0. The predicted octanol–water partition coefficient (Wildman–Crippen LogP) is 2.07. The molecule has 0 unspecified atom stereocenters. The van der Waals surface area contributed by atoms with Gasteiger partial charge < -0.3 is 10.5 Å². The Bertz CT molecular complexity index is 608. The molecule has 0 bridgehead atoms. The molecule has 0 aliphatic heterocycles. The van der Waals surface area contributed by atoms with Gasteiger partial charge in [-0.3, -0.25) is 4.79 Å². The topological polar surface area (TPSA) is 69.4 Å². The van der Waals surface area contributed by atoms with Gasteiger partial charge in [0.2, 0.25) is 5.91 Å². The number of benzene rings is 2. The third kappa shape index (κ3) is 3.68. The zero-order chi connectivity index (χ0) is 14.4. The van der Waals surface area contributed by atoms with E-state index in [-0.39, 0.29) is 13.0 Å². The molecule has 4 heteroatoms. The lowest BCUT2D eigenvalue weighted by atomic mass is 10.0. The molecular weight excluding hydrogens is 254 g/mol. The fourth-order valence-electron chi connectivity index (χ4n) is 1.86. The third-order valence-corrected chi connectivity index (χ3v) is 2.81. The minimum atomic E-state index is -0.478. The summed E-state index contributed by atoms with van der Waals surface area (Å²) in [6, 6.07) is 16.2. The molecule has 2 aromatic carbocycles. The summed E-state index contributed by atoms with van der Waals surface area (Å²) in [6.45, 7) is 0.199. The Morgan fingerprint density at radius 3 is 2.30 bits per heavy atom. The molecule has 0 aliphatic carbocycles. The van der Waals surface area contributed by atoms with Gasteiger partial charge in [0, 0.05) is 0 Å². The average molecular weight is 269 g/mol. The van der Waals surface area contributed by atoms with Crippen molar-refractivity contribution in [2.45, 2.75) is 13.0 Å². The molecule has 20 heavy (non-hydrogen) atoms. The molecule has 4 nitrogen and oxygen atoms in total. The number of amides is 1. The standard InChI is InChI=1S/C16H15NO3/c17-15(18)10-13-8-4-5-9-14(13)16(19)20-11-12-6-2-1-3-7-12/h1-9H,10-11H2,(H2,17,18). The summed E-state index contributed by atoms with van der Waals surface area (Å²) < 4.78 is 5.25. The minimum absolute atomic E-state index is 0.0244. The zero-order valence-electron chi connectivity index (χ0n) is 10.9. The maximum Gasteiger partial charge on any atom is 0.338 e. The molecule has 0 fully saturated rings. The lowest BCUT2D eigenvalue weighted by Crippen LogP contribution is -2.17. The highest BCUT2D eigenvalue weighted by atomic mass is 16.5. The molecule has 0 aliphatic rings. The first-order valence-electron chi connectivity index (χ1n) is 6.24. The number of hydrogen-bond donors (Lipinski definition) is 1. The van der Waals surface area contributed by atoms with Gasteiger partial charge in [0.15, 0.2) is 0 Å². The van der Waals surface area contributed by atoms with Crippen molar-refractivity contribution in [3.05, 3.63) is 71.3 Å². The number of carbonyl (C=O) groups excluding carboxylic acids is 2. The average Bonchev–Trinajstić information content (AvgIpc) is 2.46. The molecule has 2 N–H and O–H groups in total. The van der Waals surface area contributed by atoms with Crippen LogP contribution in [0.3, 0.4) is 0 Å². The monoisotopic (exact) mass is 269 g/mol. The fraction of sp³-hybridized carbons (Fsp3) is 0.125. The van der Waals surface area contributed by atoms with Crippen molar-refractivity contribution in [2.75, 3.05) is 0 Å². The van der Waals surface area contributed by atoms with E-state index < -0.39 is 11.9 Å². The fourth-order valence-corrected chi connectivity index (χ4v) is 1.86. The number of nitrogens with two attached hydrogens (primary N) is 1. The molecule has 1 amide bonds. The quantitative estimate of drug-likeness (QED) is 0.845. The first kappa shape index (κ1) is 13.8. The van der Waals surface area contributed by atoms with Gasteiger partial charge in [0.25, 0.3) is 0 Å². The van der Waals surface area contributed by atoms with Crippen molar-refractivity contribution in [2.24, 2.45) is 5.73 Å². The minimum Gasteiger partial charge on any atom is -0.457 e. The van der Waals surface area contributed by atoms with Crippen LogP contribution in [-0.4, -0.2) is 11.9 Å². The maximum absolute atomic E-state index is 12.0. The summed E-state index contributed by atoms with van der Waals surface area (Å²) >= 11 is 0. The van der Waals surface area contributed by atoms with Crippen LogP contribution < -0.4 is 5.73 Å². The summed E-state index contributed by atoms with van der Waals surface area (Å²) in [4.78, 5) is 23.0. The molecule has 0 atom stereocenters. The van der Waals surface area contributed by atoms with E-state index in [1.165, 1.54) is 0 Å². The molecule has 102 valence electrons. The number of hydrogen-bond acceptors (Lipinski definition) is 3. The third-order valence-electron chi connectivity index (χ3n) is 2.81. The van der Waals surface area contributed by atoms with E-state index in [4.69, 9.17) is 10.5 Å². The van der Waals surface area contributed by atoms with Crippen LogP contribution in [0.1, 0.15) is 21.5 Å². The predicted molar refractivity (Wildman–Crippen MR) is 74.9 cm³/mol. The highest BCUT2D eigenvalue weighted by molar-refractivity contribution is 5.92. The smallest absolute Gasteiger partial charge is 0.338 e. The maximum atomic E-state index is 12.0. The summed E-state index contributed by atoms with van der Waals surface area (Å²) in [5.74, 6) is -0.931. The van der Waals surface area contributed by atoms with Crippen LogP contribution in [-0.2, 0) is 22.6 Å². The van der Waals surface area contributed by atoms with Crippen molar-refractivity contribution in [1.29, 1.82) is 0 Å². The van der Waals surface area contributed by atoms with Crippen LogP contribution in [0.15, 0.2) is 54.6 Å². The summed E-state index contributed by atoms with van der Waals surface area (Å²) in [7, 11) is 0. The van der Waals surface area contributed by atoms with E-state index in [2.05, 4.69) is 0 Å². The molecule has 0 heterocycles. The Balaban J connectivity index is 2.07. The van der Waals surface area contributed by atoms with Crippen molar-refractivity contribution in [1.82, 2.24) is 0 Å². The number of ether oxygens (including phenoxy) is 1. The highest BCUT2D eigenvalue weighted by Gasteiger charge is 2.13. The van der Waals surface area contributed by atoms with Crippen molar-refractivity contribution < 1.29 is 14.3 Å². The van der Waals surface area contributed by atoms with Crippen molar-refractivity contribution >= 4 is 11.9 Å². The van der Waals surface area contributed by atoms with Gasteiger partial charge in [-0.1, -0.05) is 48.5 Å². The molecule has 0 saturated heterocycles. The summed E-state index contributed by atoms with van der Waals surface area (Å²) in [5.41, 5.74) is 7.04. The van der Waals surface area contributed by atoms with E-state index in [0.717, 1.165) is 5.56 Å². The van der Waals surface area contributed by atoms with Gasteiger partial charge in [0.05, 0.1) is 12.0 Å². The number of carbonyl (C=O) groups is 2. The van der Waals surface area contributed by atoms with Crippen LogP contribution in [0.2, 0.25) is 0 Å². The molecular formula is C16H15NO3.